The summed E-state index contributed by atoms with van der Waals surface area (Å²) >= 11 is 0. The van der Waals surface area contributed by atoms with E-state index in [1.165, 1.54) is 77.0 Å². The molecule has 0 bridgehead atoms. The van der Waals surface area contributed by atoms with Crippen molar-refractivity contribution >= 4 is 7.82 Å². The fourth-order valence-corrected chi connectivity index (χ4v) is 2.46. The lowest BCUT2D eigenvalue weighted by molar-refractivity contribution is -0.700. The van der Waals surface area contributed by atoms with E-state index in [9.17, 15) is 0 Å². The number of hydrogen-bond acceptors (Lipinski definition) is 6. The molecule has 0 aliphatic rings. The van der Waals surface area contributed by atoms with Gasteiger partial charge in [-0.25, -0.2) is 9.45 Å². The molecule has 0 aromatic rings. The van der Waals surface area contributed by atoms with Gasteiger partial charge >= 0.3 is 7.82 Å². The van der Waals surface area contributed by atoms with Crippen LogP contribution in [0.25, 0.3) is 0 Å². The van der Waals surface area contributed by atoms with Crippen molar-refractivity contribution in [2.24, 2.45) is 0 Å². The van der Waals surface area contributed by atoms with Crippen molar-refractivity contribution in [1.82, 2.24) is 0 Å². The Labute approximate surface area is 168 Å². The second kappa shape index (κ2) is 24.5. The normalized spacial score (nSPS) is 11.0. The molecule has 0 aliphatic heterocycles. The molecule has 0 radical (unpaired) electrons. The topological polar surface area (TPSA) is 124 Å². The summed E-state index contributed by atoms with van der Waals surface area (Å²) in [5, 5.41) is 12.4. The first-order chi connectivity index (χ1) is 13.4. The lowest BCUT2D eigenvalue weighted by Crippen LogP contribution is -1.99. The summed E-state index contributed by atoms with van der Waals surface area (Å²) in [6, 6.07) is 0. The minimum atomic E-state index is -4.64. The Hall–Kier alpha value is -0.510. The van der Waals surface area contributed by atoms with E-state index in [1.807, 2.05) is 0 Å². The Morgan fingerprint density at radius 2 is 1.11 bits per heavy atom. The lowest BCUT2D eigenvalue weighted by Gasteiger charge is -2.03. The summed E-state index contributed by atoms with van der Waals surface area (Å²) in [5.74, 6) is 0. The first kappa shape index (κ1) is 29.7. The molecule has 0 saturated carbocycles. The summed E-state index contributed by atoms with van der Waals surface area (Å²) in [6.45, 7) is 6.00. The number of hydrogen-bond donors (Lipinski definition) is 3. The van der Waals surface area contributed by atoms with Gasteiger partial charge in [0, 0.05) is 10.1 Å². The zero-order chi connectivity index (χ0) is 21.3. The van der Waals surface area contributed by atoms with Crippen molar-refractivity contribution in [3.8, 4) is 0 Å². The molecular weight excluding hydrogens is 391 g/mol. The minimum absolute atomic E-state index is 0.482. The first-order valence-corrected chi connectivity index (χ1v) is 11.7. The highest BCUT2D eigenvalue weighted by Crippen LogP contribution is 2.25. The molecule has 0 aromatic heterocycles. The molecule has 0 heterocycles. The molecule has 0 unspecified atom stereocenters. The van der Waals surface area contributed by atoms with E-state index >= 15 is 0 Å². The fraction of sp³-hybridized carbons (Fsp3) is 0.889. The van der Waals surface area contributed by atoms with Crippen LogP contribution in [0.1, 0.15) is 96.8 Å². The Balaban J connectivity index is 0. The van der Waals surface area contributed by atoms with Crippen LogP contribution in [-0.2, 0) is 29.5 Å². The van der Waals surface area contributed by atoms with Crippen LogP contribution in [0.4, 0.5) is 0 Å². The van der Waals surface area contributed by atoms with Gasteiger partial charge in [-0.1, -0.05) is 97.0 Å². The highest BCUT2D eigenvalue weighted by molar-refractivity contribution is 7.45. The van der Waals surface area contributed by atoms with E-state index < -0.39 is 7.82 Å². The van der Waals surface area contributed by atoms with Crippen molar-refractivity contribution in [3.05, 3.63) is 12.8 Å². The van der Waals surface area contributed by atoms with E-state index in [1.54, 1.807) is 0 Å². The fourth-order valence-electron chi connectivity index (χ4n) is 2.46. The Morgan fingerprint density at radius 3 is 1.50 bits per heavy atom. The van der Waals surface area contributed by atoms with Gasteiger partial charge in [0.05, 0.1) is 6.61 Å². The monoisotopic (exact) mass is 430 g/mol. The molecule has 0 fully saturated rings. The van der Waals surface area contributed by atoms with Crippen LogP contribution in [0.15, 0.2) is 12.8 Å². The van der Waals surface area contributed by atoms with Crippen LogP contribution in [0.2, 0.25) is 0 Å². The van der Waals surface area contributed by atoms with E-state index in [0.717, 1.165) is 19.1 Å². The average molecular weight is 430 g/mol. The molecule has 170 valence electrons. The molecule has 9 nitrogen and oxygen atoms in total. The standard InChI is InChI=1S/C18H36O5.H3O4P/c1-3-5-6-7-8-9-10-11-12-13-14-15-16-17-18-20-22-23-21-19-4-2;1-5(2,3)4/h4H,2-3,5-18H2,1H3;(H3,1,2,3,4). The van der Waals surface area contributed by atoms with Crippen molar-refractivity contribution < 1.29 is 44.1 Å². The third kappa shape index (κ3) is 40.2. The van der Waals surface area contributed by atoms with Crippen LogP contribution >= 0.6 is 7.82 Å². The number of rotatable bonds is 20. The molecule has 10 heteroatoms. The summed E-state index contributed by atoms with van der Waals surface area (Å²) in [5.41, 5.74) is 0. The molecule has 0 rings (SSSR count). The van der Waals surface area contributed by atoms with E-state index in [4.69, 9.17) is 24.1 Å². The molecule has 0 aliphatic carbocycles. The second-order valence-corrected chi connectivity index (χ2v) is 7.43. The Bertz CT molecular complexity index is 342. The molecule has 0 amide bonds. The predicted molar refractivity (Wildman–Crippen MR) is 105 cm³/mol. The lowest BCUT2D eigenvalue weighted by atomic mass is 10.0. The van der Waals surface area contributed by atoms with Gasteiger partial charge in [-0.05, 0) is 11.5 Å². The molecular formula is C18H39O9P. The number of phosphoric acid groups is 1. The molecule has 0 saturated heterocycles. The van der Waals surface area contributed by atoms with Gasteiger partial charge in [-0.2, -0.15) is 0 Å². The summed E-state index contributed by atoms with van der Waals surface area (Å²) in [6.07, 6.45) is 19.7. The summed E-state index contributed by atoms with van der Waals surface area (Å²) < 4.78 is 8.88. The van der Waals surface area contributed by atoms with Crippen LogP contribution in [-0.4, -0.2) is 21.3 Å². The van der Waals surface area contributed by atoms with Gasteiger partial charge in [0.1, 0.15) is 6.26 Å². The smallest absolute Gasteiger partial charge is 0.315 e. The Kier molecular flexibility index (Phi) is 26.0. The van der Waals surface area contributed by atoms with Crippen molar-refractivity contribution in [3.63, 3.8) is 0 Å². The third-order valence-electron chi connectivity index (χ3n) is 3.79. The predicted octanol–water partition coefficient (Wildman–Crippen LogP) is 5.43. The van der Waals surface area contributed by atoms with Gasteiger partial charge in [-0.3, -0.25) is 0 Å². The second-order valence-electron chi connectivity index (χ2n) is 6.40. The maximum atomic E-state index is 8.88. The van der Waals surface area contributed by atoms with E-state index in [-0.39, 0.29) is 0 Å². The average Bonchev–Trinajstić information content (AvgIpc) is 2.62. The summed E-state index contributed by atoms with van der Waals surface area (Å²) in [7, 11) is -4.64. The molecule has 28 heavy (non-hydrogen) atoms. The van der Waals surface area contributed by atoms with Crippen LogP contribution in [0.5, 0.6) is 0 Å². The Morgan fingerprint density at radius 1 is 0.714 bits per heavy atom. The van der Waals surface area contributed by atoms with Crippen molar-refractivity contribution in [2.75, 3.05) is 6.61 Å². The number of unbranched alkanes of at least 4 members (excludes halogenated alkanes) is 13. The van der Waals surface area contributed by atoms with Gasteiger partial charge < -0.3 is 19.6 Å². The maximum absolute atomic E-state index is 8.88. The highest BCUT2D eigenvalue weighted by Gasteiger charge is 2.00. The zero-order valence-corrected chi connectivity index (χ0v) is 18.0. The largest absolute Gasteiger partial charge is 0.466 e. The van der Waals surface area contributed by atoms with Crippen LogP contribution < -0.4 is 0 Å². The highest BCUT2D eigenvalue weighted by atomic mass is 31.2. The quantitative estimate of drug-likeness (QED) is 0.0762. The SMILES string of the molecule is C=COOOOOCCCCCCCCCCCCCCCC.O=P(O)(O)O. The van der Waals surface area contributed by atoms with E-state index in [2.05, 4.69) is 33.5 Å². The molecule has 3 N–H and O–H groups in total. The van der Waals surface area contributed by atoms with Gasteiger partial charge in [0.25, 0.3) is 0 Å². The van der Waals surface area contributed by atoms with E-state index in [0.29, 0.717) is 6.61 Å². The molecule has 0 spiro atoms. The van der Waals surface area contributed by atoms with Gasteiger partial charge in [0.15, 0.2) is 0 Å². The summed E-state index contributed by atoms with van der Waals surface area (Å²) in [4.78, 5) is 30.5. The minimum Gasteiger partial charge on any atom is -0.315 e. The van der Waals surface area contributed by atoms with Gasteiger partial charge in [-0.15, -0.1) is 0 Å². The third-order valence-corrected chi connectivity index (χ3v) is 3.79. The zero-order valence-electron chi connectivity index (χ0n) is 17.1. The maximum Gasteiger partial charge on any atom is 0.466 e. The van der Waals surface area contributed by atoms with Crippen LogP contribution in [0.3, 0.4) is 0 Å². The molecule has 0 aromatic carbocycles. The molecule has 0 atom stereocenters. The first-order valence-electron chi connectivity index (χ1n) is 10.1. The van der Waals surface area contributed by atoms with Crippen molar-refractivity contribution in [1.29, 1.82) is 0 Å². The van der Waals surface area contributed by atoms with Crippen LogP contribution in [0, 0.1) is 0 Å². The van der Waals surface area contributed by atoms with Crippen molar-refractivity contribution in [2.45, 2.75) is 96.8 Å². The van der Waals surface area contributed by atoms with Gasteiger partial charge in [0.2, 0.25) is 0 Å².